The number of esters is 2. The Kier molecular flexibility index (Phi) is 19.9. The SMILES string of the molecule is CC1(C)O[B]OC1(C)C.COC(=O)c1ccc(C)c(B2OC(C)(C)C(C)(C)O2)c1F.COC(=O)c1ccc(C)c(I)c1F.c1ccc(-c2ccccc2P(C2CCCCC2)C2CCCCC2)cc1. The van der Waals surface area contributed by atoms with Crippen LogP contribution in [-0.4, -0.2) is 74.7 Å². The van der Waals surface area contributed by atoms with Crippen molar-refractivity contribution in [2.45, 2.75) is 167 Å². The molecule has 2 saturated carbocycles. The molecule has 0 N–H and O–H groups in total. The average Bonchev–Trinajstić information content (AvgIpc) is 3.70. The van der Waals surface area contributed by atoms with Crippen LogP contribution in [0.25, 0.3) is 11.1 Å². The standard InChI is InChI=1S/C24H31P.C15H20BFO4.C9H8FIO2.C6H12BO2/c1-4-12-20(13-5-1)23-18-10-11-19-24(23)25(21-14-6-2-7-15-21)22-16-8-3-9-17-22;1-9-7-8-10(13(18)19-6)12(17)11(9)16-20-14(2,3)15(4,5)21-16;1-5-3-4-6(9(12)13-2)7(10)8(5)11;1-5(2)6(3,4)9-7-8-5/h1,4-5,10-13,18-19,21-22H,2-3,6-9,14-17H2;7-8H,1-6H3;3-4H,1-2H3;1-4H3. The van der Waals surface area contributed by atoms with E-state index in [1.54, 1.807) is 31.3 Å². The maximum absolute atomic E-state index is 14.7. The minimum absolute atomic E-state index is 0.0162. The quantitative estimate of drug-likeness (QED) is 0.0783. The van der Waals surface area contributed by atoms with Crippen molar-refractivity contribution in [2.75, 3.05) is 14.2 Å². The minimum Gasteiger partial charge on any atom is -0.465 e. The third-order valence-corrected chi connectivity index (χ3v) is 19.2. The maximum Gasteiger partial charge on any atom is 0.498 e. The molecule has 14 heteroatoms. The molecule has 2 heterocycles. The lowest BCUT2D eigenvalue weighted by Crippen LogP contribution is -2.41. The van der Waals surface area contributed by atoms with E-state index in [0.29, 0.717) is 9.13 Å². The van der Waals surface area contributed by atoms with Gasteiger partial charge in [0.25, 0.3) is 0 Å². The summed E-state index contributed by atoms with van der Waals surface area (Å²) in [5, 5.41) is 1.71. The first-order chi connectivity index (χ1) is 32.1. The van der Waals surface area contributed by atoms with Crippen LogP contribution >= 0.6 is 30.5 Å². The zero-order valence-electron chi connectivity index (χ0n) is 42.2. The van der Waals surface area contributed by atoms with Gasteiger partial charge in [-0.1, -0.05) is 113 Å². The van der Waals surface area contributed by atoms with Crippen molar-refractivity contribution in [2.24, 2.45) is 0 Å². The van der Waals surface area contributed by atoms with E-state index in [4.69, 9.17) is 18.6 Å². The van der Waals surface area contributed by atoms with Gasteiger partial charge in [-0.2, -0.15) is 0 Å². The number of halogens is 3. The van der Waals surface area contributed by atoms with E-state index in [-0.39, 0.29) is 35.7 Å². The molecule has 4 aliphatic rings. The molecular weight excluding hydrogens is 994 g/mol. The molecule has 2 saturated heterocycles. The number of ether oxygens (including phenoxy) is 2. The summed E-state index contributed by atoms with van der Waals surface area (Å²) in [5.74, 6) is -2.52. The van der Waals surface area contributed by atoms with Gasteiger partial charge in [0.15, 0.2) is 5.82 Å². The molecule has 1 radical (unpaired) electrons. The molecule has 0 bridgehead atoms. The fourth-order valence-corrected chi connectivity index (χ4v) is 13.1. The Balaban J connectivity index is 0.000000181. The van der Waals surface area contributed by atoms with Crippen LogP contribution in [0.1, 0.15) is 151 Å². The maximum atomic E-state index is 14.7. The van der Waals surface area contributed by atoms with Crippen LogP contribution in [0.4, 0.5) is 8.78 Å². The Bertz CT molecular complexity index is 2270. The number of aryl methyl sites for hydroxylation is 2. The Labute approximate surface area is 421 Å². The molecule has 367 valence electrons. The number of rotatable bonds is 7. The predicted molar refractivity (Wildman–Crippen MR) is 282 cm³/mol. The van der Waals surface area contributed by atoms with Gasteiger partial charge >= 0.3 is 26.7 Å². The molecule has 4 aromatic carbocycles. The van der Waals surface area contributed by atoms with Gasteiger partial charge in [0, 0.05) is 5.46 Å². The molecule has 0 unspecified atom stereocenters. The van der Waals surface area contributed by atoms with E-state index >= 15 is 0 Å². The van der Waals surface area contributed by atoms with E-state index in [2.05, 4.69) is 64.1 Å². The summed E-state index contributed by atoms with van der Waals surface area (Å²) in [6, 6.07) is 26.7. The van der Waals surface area contributed by atoms with Crippen LogP contribution in [0.5, 0.6) is 0 Å². The normalized spacial score (nSPS) is 19.3. The van der Waals surface area contributed by atoms with Crippen LogP contribution in [-0.2, 0) is 28.1 Å². The van der Waals surface area contributed by atoms with E-state index < -0.39 is 41.9 Å². The van der Waals surface area contributed by atoms with Gasteiger partial charge < -0.3 is 28.1 Å². The second kappa shape index (κ2) is 24.3. The Morgan fingerprint density at radius 3 is 1.51 bits per heavy atom. The number of carbonyl (C=O) groups excluding carboxylic acids is 2. The van der Waals surface area contributed by atoms with Gasteiger partial charge in [0.2, 0.25) is 0 Å². The summed E-state index contributed by atoms with van der Waals surface area (Å²) in [6.07, 6.45) is 14.7. The molecule has 2 aliphatic carbocycles. The van der Waals surface area contributed by atoms with Gasteiger partial charge in [-0.3, -0.25) is 0 Å². The third-order valence-electron chi connectivity index (χ3n) is 14.3. The predicted octanol–water partition coefficient (Wildman–Crippen LogP) is 13.0. The molecule has 4 aromatic rings. The summed E-state index contributed by atoms with van der Waals surface area (Å²) in [7, 11) is 2.98. The molecule has 0 atom stereocenters. The van der Waals surface area contributed by atoms with Crippen molar-refractivity contribution >= 4 is 68.0 Å². The third kappa shape index (κ3) is 13.4. The molecule has 0 aromatic heterocycles. The van der Waals surface area contributed by atoms with Gasteiger partial charge in [0.1, 0.15) is 5.82 Å². The number of methoxy groups -OCH3 is 2. The van der Waals surface area contributed by atoms with Gasteiger partial charge in [-0.05, 0) is 169 Å². The van der Waals surface area contributed by atoms with Crippen molar-refractivity contribution in [1.29, 1.82) is 0 Å². The highest BCUT2D eigenvalue weighted by Crippen LogP contribution is 2.56. The van der Waals surface area contributed by atoms with E-state index in [1.165, 1.54) is 109 Å². The van der Waals surface area contributed by atoms with E-state index in [1.807, 2.05) is 78.0 Å². The Hall–Kier alpha value is -3.19. The van der Waals surface area contributed by atoms with Gasteiger partial charge in [0.05, 0.1) is 51.3 Å². The molecule has 8 rings (SSSR count). The highest BCUT2D eigenvalue weighted by atomic mass is 127. The van der Waals surface area contributed by atoms with Crippen LogP contribution in [0.15, 0.2) is 78.9 Å². The van der Waals surface area contributed by atoms with Crippen LogP contribution in [0.3, 0.4) is 0 Å². The van der Waals surface area contributed by atoms with Crippen molar-refractivity contribution in [3.63, 3.8) is 0 Å². The number of hydrogen-bond donors (Lipinski definition) is 0. The van der Waals surface area contributed by atoms with Crippen molar-refractivity contribution in [1.82, 2.24) is 0 Å². The fraction of sp³-hybridized carbons (Fsp3) is 0.519. The first kappa shape index (κ1) is 55.7. The fourth-order valence-electron chi connectivity index (χ4n) is 8.64. The van der Waals surface area contributed by atoms with Crippen molar-refractivity contribution in [3.8, 4) is 11.1 Å². The Morgan fingerprint density at radius 2 is 1.06 bits per heavy atom. The molecule has 2 aliphatic heterocycles. The molecule has 0 amide bonds. The van der Waals surface area contributed by atoms with Gasteiger partial charge in [-0.25, -0.2) is 18.4 Å². The average molecular weight is 1070 g/mol. The van der Waals surface area contributed by atoms with Gasteiger partial charge in [-0.15, -0.1) is 0 Å². The number of hydrogen-bond acceptors (Lipinski definition) is 8. The molecular formula is C54H71B2F2IO8P. The molecule has 68 heavy (non-hydrogen) atoms. The number of carbonyl (C=O) groups is 2. The van der Waals surface area contributed by atoms with E-state index in [9.17, 15) is 18.4 Å². The summed E-state index contributed by atoms with van der Waals surface area (Å²) in [6.45, 7) is 19.2. The molecule has 0 spiro atoms. The minimum atomic E-state index is -0.848. The highest BCUT2D eigenvalue weighted by molar-refractivity contribution is 14.1. The van der Waals surface area contributed by atoms with E-state index in [0.717, 1.165) is 16.9 Å². The summed E-state index contributed by atoms with van der Waals surface area (Å²) >= 11 is 1.86. The monoisotopic (exact) mass is 1070 g/mol. The first-order valence-electron chi connectivity index (χ1n) is 23.9. The second-order valence-electron chi connectivity index (χ2n) is 20.0. The lowest BCUT2D eigenvalue weighted by atomic mass is 9.75. The summed E-state index contributed by atoms with van der Waals surface area (Å²) < 4.78 is 59.7. The lowest BCUT2D eigenvalue weighted by molar-refractivity contribution is 0.00578. The summed E-state index contributed by atoms with van der Waals surface area (Å²) in [5.41, 5.74) is 4.94. The van der Waals surface area contributed by atoms with Crippen LogP contribution in [0.2, 0.25) is 0 Å². The molecule has 8 nitrogen and oxygen atoms in total. The van der Waals surface area contributed by atoms with Crippen LogP contribution in [0, 0.1) is 29.1 Å². The molecule has 4 fully saturated rings. The largest absolute Gasteiger partial charge is 0.498 e. The topological polar surface area (TPSA) is 89.5 Å². The number of benzene rings is 4. The van der Waals surface area contributed by atoms with Crippen molar-refractivity contribution < 1.29 is 46.5 Å². The van der Waals surface area contributed by atoms with Crippen LogP contribution < -0.4 is 10.8 Å². The second-order valence-corrected chi connectivity index (χ2v) is 23.8. The van der Waals surface area contributed by atoms with Crippen molar-refractivity contribution in [3.05, 3.63) is 116 Å². The smallest absolute Gasteiger partial charge is 0.465 e. The zero-order chi connectivity index (χ0) is 50.0. The Morgan fingerprint density at radius 1 is 0.618 bits per heavy atom. The first-order valence-corrected chi connectivity index (χ1v) is 26.5. The lowest BCUT2D eigenvalue weighted by Gasteiger charge is -2.39. The highest BCUT2D eigenvalue weighted by Gasteiger charge is 2.53. The zero-order valence-corrected chi connectivity index (χ0v) is 45.3. The summed E-state index contributed by atoms with van der Waals surface area (Å²) in [4.78, 5) is 22.7.